The molecule has 0 spiro atoms. The molecule has 0 amide bonds. The number of rotatable bonds is 9. The van der Waals surface area contributed by atoms with E-state index in [2.05, 4.69) is 76.2 Å². The highest BCUT2D eigenvalue weighted by atomic mass is 32.2. The van der Waals surface area contributed by atoms with Crippen LogP contribution >= 0.6 is 23.5 Å². The van der Waals surface area contributed by atoms with Crippen molar-refractivity contribution in [3.8, 4) is 0 Å². The molecule has 0 radical (unpaired) electrons. The highest BCUT2D eigenvalue weighted by Gasteiger charge is 2.19. The minimum Gasteiger partial charge on any atom is -0.480 e. The smallest absolute Gasteiger partial charge is 0.323 e. The lowest BCUT2D eigenvalue weighted by atomic mass is 10.2. The molecule has 0 bridgehead atoms. The van der Waals surface area contributed by atoms with Crippen LogP contribution in [0.2, 0.25) is 0 Å². The maximum absolute atomic E-state index is 11.3. The van der Waals surface area contributed by atoms with E-state index in [-0.39, 0.29) is 13.1 Å². The predicted molar refractivity (Wildman–Crippen MR) is 193 cm³/mol. The zero-order valence-electron chi connectivity index (χ0n) is 27.6. The van der Waals surface area contributed by atoms with E-state index in [1.807, 2.05) is 59.4 Å². The Kier molecular flexibility index (Phi) is 10.5. The van der Waals surface area contributed by atoms with E-state index in [9.17, 15) is 19.8 Å². The minimum atomic E-state index is -0.821. The van der Waals surface area contributed by atoms with Crippen LogP contribution in [0, 0.1) is 34.6 Å². The van der Waals surface area contributed by atoms with Gasteiger partial charge >= 0.3 is 11.9 Å². The van der Waals surface area contributed by atoms with Crippen LogP contribution in [0.15, 0.2) is 105 Å². The van der Waals surface area contributed by atoms with Gasteiger partial charge in [0.2, 0.25) is 0 Å². The molecule has 2 N–H and O–H groups in total. The Morgan fingerprint density at radius 1 is 0.638 bits per heavy atom. The molecule has 8 heteroatoms. The third kappa shape index (κ3) is 7.61. The van der Waals surface area contributed by atoms with Gasteiger partial charge < -0.3 is 19.3 Å². The van der Waals surface area contributed by atoms with Gasteiger partial charge in [-0.25, -0.2) is 0 Å². The summed E-state index contributed by atoms with van der Waals surface area (Å²) in [7, 11) is 0. The highest BCUT2D eigenvalue weighted by Crippen LogP contribution is 2.40. The summed E-state index contributed by atoms with van der Waals surface area (Å²) in [4.78, 5) is 27.1. The van der Waals surface area contributed by atoms with Gasteiger partial charge in [0.1, 0.15) is 13.1 Å². The minimum absolute atomic E-state index is 0.0129. The van der Waals surface area contributed by atoms with E-state index < -0.39 is 11.9 Å². The lowest BCUT2D eigenvalue weighted by Gasteiger charge is -2.07. The van der Waals surface area contributed by atoms with Crippen molar-refractivity contribution in [3.05, 3.63) is 119 Å². The average Bonchev–Trinajstić information content (AvgIpc) is 3.42. The quantitative estimate of drug-likeness (QED) is 0.160. The molecule has 0 aliphatic heterocycles. The molecule has 0 saturated heterocycles. The van der Waals surface area contributed by atoms with E-state index in [0.29, 0.717) is 0 Å². The normalized spacial score (nSPS) is 11.1. The Balaban J connectivity index is 0.000000185. The van der Waals surface area contributed by atoms with Gasteiger partial charge in [-0.05, 0) is 94.6 Å². The summed E-state index contributed by atoms with van der Waals surface area (Å²) in [6.45, 7) is 12.3. The number of carbonyl (C=O) groups is 2. The van der Waals surface area contributed by atoms with Gasteiger partial charge in [0.25, 0.3) is 0 Å². The van der Waals surface area contributed by atoms with Crippen molar-refractivity contribution in [3.63, 3.8) is 0 Å². The van der Waals surface area contributed by atoms with Crippen LogP contribution in [-0.2, 0) is 29.1 Å². The lowest BCUT2D eigenvalue weighted by molar-refractivity contribution is -0.138. The lowest BCUT2D eigenvalue weighted by Crippen LogP contribution is -2.09. The summed E-state index contributed by atoms with van der Waals surface area (Å²) < 4.78 is 3.78. The van der Waals surface area contributed by atoms with Crippen molar-refractivity contribution in [2.24, 2.45) is 0 Å². The van der Waals surface area contributed by atoms with Crippen molar-refractivity contribution < 1.29 is 19.8 Å². The number of nitrogens with zero attached hydrogens (tertiary/aromatic N) is 2. The Hall–Kier alpha value is -4.40. The maximum Gasteiger partial charge on any atom is 0.323 e. The van der Waals surface area contributed by atoms with Crippen molar-refractivity contribution in [1.29, 1.82) is 0 Å². The second-order valence-electron chi connectivity index (χ2n) is 11.8. The van der Waals surface area contributed by atoms with Crippen LogP contribution in [0.4, 0.5) is 0 Å². The number of aliphatic carboxylic acids is 2. The summed E-state index contributed by atoms with van der Waals surface area (Å²) in [6, 6.07) is 29.2. The number of fused-ring (bicyclic) bond motifs is 2. The van der Waals surface area contributed by atoms with Crippen LogP contribution in [0.25, 0.3) is 21.8 Å². The highest BCUT2D eigenvalue weighted by molar-refractivity contribution is 8.00. The molecule has 0 aliphatic carbocycles. The molecule has 0 fully saturated rings. The Bertz CT molecular complexity index is 2110. The molecular formula is C39H40N2O4S2. The van der Waals surface area contributed by atoms with Crippen LogP contribution in [0.5, 0.6) is 0 Å². The Labute approximate surface area is 284 Å². The second-order valence-corrected chi connectivity index (χ2v) is 13.9. The maximum atomic E-state index is 11.3. The second kappa shape index (κ2) is 14.6. The van der Waals surface area contributed by atoms with Crippen molar-refractivity contribution in [2.75, 3.05) is 0 Å². The van der Waals surface area contributed by atoms with Gasteiger partial charge in [0, 0.05) is 52.8 Å². The van der Waals surface area contributed by atoms with E-state index in [1.165, 1.54) is 32.0 Å². The van der Waals surface area contributed by atoms with E-state index >= 15 is 0 Å². The number of benzene rings is 4. The topological polar surface area (TPSA) is 84.5 Å². The van der Waals surface area contributed by atoms with E-state index in [4.69, 9.17) is 0 Å². The molecule has 0 saturated carbocycles. The van der Waals surface area contributed by atoms with Gasteiger partial charge in [-0.15, -0.1) is 0 Å². The number of aromatic nitrogens is 2. The number of hydrogen-bond acceptors (Lipinski definition) is 4. The van der Waals surface area contributed by atoms with E-state index in [0.717, 1.165) is 49.4 Å². The van der Waals surface area contributed by atoms with Crippen LogP contribution < -0.4 is 0 Å². The SMILES string of the molecule is CCc1cccc(Sc2c(C)n(CC(=O)O)c3ccc(C)cc23)c1.Cc1ccc2c(c1)c(Sc1ccccc1C)c(C)n2CC(=O)O. The fourth-order valence-corrected chi connectivity index (χ4v) is 8.04. The number of hydrogen-bond donors (Lipinski definition) is 2. The molecule has 4 aromatic carbocycles. The molecular weight excluding hydrogens is 625 g/mol. The van der Waals surface area contributed by atoms with Gasteiger partial charge in [-0.2, -0.15) is 0 Å². The molecule has 6 rings (SSSR count). The standard InChI is InChI=1S/C20H21NO2S.C19H19NO2S/c1-4-15-6-5-7-16(11-15)24-20-14(3)21(12-19(22)23)18-9-8-13(2)10-17(18)20;1-12-8-9-16-15(10-12)19(14(3)20(16)11-18(21)22)23-17-7-5-4-6-13(17)2/h5-11H,4,12H2,1-3H3,(H,22,23);4-10H,11H2,1-3H3,(H,21,22). The van der Waals surface area contributed by atoms with E-state index in [1.54, 1.807) is 23.5 Å². The molecule has 2 aromatic heterocycles. The third-order valence-corrected chi connectivity index (χ3v) is 10.9. The molecule has 6 nitrogen and oxygen atoms in total. The molecule has 2 heterocycles. The zero-order chi connectivity index (χ0) is 33.8. The molecule has 0 aliphatic rings. The average molecular weight is 665 g/mol. The molecule has 6 aromatic rings. The third-order valence-electron chi connectivity index (χ3n) is 8.26. The van der Waals surface area contributed by atoms with Crippen molar-refractivity contribution >= 4 is 57.3 Å². The molecule has 242 valence electrons. The summed E-state index contributed by atoms with van der Waals surface area (Å²) in [5.41, 5.74) is 8.86. The molecule has 0 atom stereocenters. The predicted octanol–water partition coefficient (Wildman–Crippen LogP) is 9.86. The fourth-order valence-electron chi connectivity index (χ4n) is 5.79. The number of carboxylic acids is 2. The Morgan fingerprint density at radius 2 is 1.17 bits per heavy atom. The van der Waals surface area contributed by atoms with Crippen LogP contribution in [-0.4, -0.2) is 31.3 Å². The van der Waals surface area contributed by atoms with Crippen LogP contribution in [0.3, 0.4) is 0 Å². The fraction of sp³-hybridized carbons (Fsp3) is 0.231. The molecule has 47 heavy (non-hydrogen) atoms. The monoisotopic (exact) mass is 664 g/mol. The first-order valence-corrected chi connectivity index (χ1v) is 17.2. The zero-order valence-corrected chi connectivity index (χ0v) is 29.3. The van der Waals surface area contributed by atoms with Crippen molar-refractivity contribution in [2.45, 2.75) is 80.6 Å². The van der Waals surface area contributed by atoms with Gasteiger partial charge in [-0.1, -0.05) is 84.0 Å². The first kappa shape index (κ1) is 33.9. The van der Waals surface area contributed by atoms with Gasteiger partial charge in [-0.3, -0.25) is 9.59 Å². The largest absolute Gasteiger partial charge is 0.480 e. The van der Waals surface area contributed by atoms with Crippen molar-refractivity contribution in [1.82, 2.24) is 9.13 Å². The summed E-state index contributed by atoms with van der Waals surface area (Å²) in [6.07, 6.45) is 1.01. The summed E-state index contributed by atoms with van der Waals surface area (Å²) in [5.74, 6) is -1.64. The molecule has 0 unspecified atom stereocenters. The van der Waals surface area contributed by atoms with Gasteiger partial charge in [0.05, 0.1) is 0 Å². The first-order chi connectivity index (χ1) is 22.5. The summed E-state index contributed by atoms with van der Waals surface area (Å²) >= 11 is 3.43. The van der Waals surface area contributed by atoms with Gasteiger partial charge in [0.15, 0.2) is 0 Å². The number of aryl methyl sites for hydroxylation is 4. The first-order valence-electron chi connectivity index (χ1n) is 15.6. The number of carboxylic acid groups (broad SMARTS) is 2. The van der Waals surface area contributed by atoms with Crippen LogP contribution in [0.1, 0.15) is 40.6 Å². The summed E-state index contributed by atoms with van der Waals surface area (Å²) in [5, 5.41) is 20.7. The Morgan fingerprint density at radius 3 is 1.68 bits per heavy atom.